The third-order valence-electron chi connectivity index (χ3n) is 4.96. The van der Waals surface area contributed by atoms with E-state index in [0.29, 0.717) is 41.4 Å². The first-order valence-corrected chi connectivity index (χ1v) is 11.8. The summed E-state index contributed by atoms with van der Waals surface area (Å²) in [4.78, 5) is 10.8. The van der Waals surface area contributed by atoms with E-state index in [-0.39, 0.29) is 11.5 Å². The zero-order valence-electron chi connectivity index (χ0n) is 21.3. The maximum Gasteiger partial charge on any atom is 0.573 e. The molecule has 0 radical (unpaired) electrons. The van der Waals surface area contributed by atoms with Crippen LogP contribution >= 0.6 is 0 Å². The summed E-state index contributed by atoms with van der Waals surface area (Å²) >= 11 is 0. The molecule has 0 amide bonds. The first kappa shape index (κ1) is 30.8. The van der Waals surface area contributed by atoms with E-state index < -0.39 is 12.7 Å². The fourth-order valence-electron chi connectivity index (χ4n) is 3.28. The highest BCUT2D eigenvalue weighted by Crippen LogP contribution is 2.30. The van der Waals surface area contributed by atoms with E-state index in [1.54, 1.807) is 30.3 Å². The molecular weight excluding hydrogens is 556 g/mol. The number of carbonyl (C=O) groups excluding carboxylic acids is 1. The van der Waals surface area contributed by atoms with Crippen molar-refractivity contribution in [3.8, 4) is 34.5 Å². The number of aldehydes is 1. The van der Waals surface area contributed by atoms with Crippen molar-refractivity contribution in [2.45, 2.75) is 19.3 Å². The molecule has 6 nitrogen and oxygen atoms in total. The summed E-state index contributed by atoms with van der Waals surface area (Å²) in [5, 5.41) is 3.02. The van der Waals surface area contributed by atoms with Crippen LogP contribution < -0.4 is 24.3 Å². The lowest BCUT2D eigenvalue weighted by molar-refractivity contribution is -0.275. The number of carbonyl (C=O) groups is 1. The van der Waals surface area contributed by atoms with Crippen LogP contribution in [0.3, 0.4) is 0 Å². The number of rotatable bonds is 9. The second-order valence-electron chi connectivity index (χ2n) is 8.04. The fraction of sp³-hybridized carbons (Fsp3) is 0.138. The molecule has 1 N–H and O–H groups in total. The molecular formula is C29H23F6NO5. The van der Waals surface area contributed by atoms with Gasteiger partial charge in [-0.2, -0.15) is 0 Å². The van der Waals surface area contributed by atoms with Gasteiger partial charge in [-0.25, -0.2) is 0 Å². The van der Waals surface area contributed by atoms with Gasteiger partial charge in [0.15, 0.2) is 6.29 Å². The monoisotopic (exact) mass is 579 g/mol. The second-order valence-corrected chi connectivity index (χ2v) is 8.04. The van der Waals surface area contributed by atoms with Gasteiger partial charge < -0.3 is 24.3 Å². The maximum absolute atomic E-state index is 12.1. The number of nitrogens with one attached hydrogen (secondary N) is 1. The van der Waals surface area contributed by atoms with Crippen molar-refractivity contribution >= 4 is 6.29 Å². The van der Waals surface area contributed by atoms with Gasteiger partial charge in [-0.3, -0.25) is 4.79 Å². The van der Waals surface area contributed by atoms with Crippen molar-refractivity contribution in [2.24, 2.45) is 0 Å². The molecule has 0 unspecified atom stereocenters. The van der Waals surface area contributed by atoms with Gasteiger partial charge in [0.25, 0.3) is 0 Å². The Morgan fingerprint density at radius 1 is 0.610 bits per heavy atom. The number of para-hydroxylation sites is 2. The van der Waals surface area contributed by atoms with Crippen molar-refractivity contribution in [1.29, 1.82) is 0 Å². The zero-order valence-corrected chi connectivity index (χ0v) is 21.3. The lowest BCUT2D eigenvalue weighted by Gasteiger charge is -2.12. The first-order valence-electron chi connectivity index (χ1n) is 11.8. The topological polar surface area (TPSA) is 66.0 Å². The number of benzene rings is 4. The highest BCUT2D eigenvalue weighted by molar-refractivity contribution is 5.79. The molecule has 0 atom stereocenters. The average Bonchev–Trinajstić information content (AvgIpc) is 2.91. The van der Waals surface area contributed by atoms with Crippen LogP contribution in [0, 0.1) is 0 Å². The minimum Gasteiger partial charge on any atom is -0.457 e. The Hall–Kier alpha value is -4.71. The number of alkyl halides is 6. The van der Waals surface area contributed by atoms with Gasteiger partial charge in [0, 0.05) is 12.1 Å². The molecule has 0 saturated heterocycles. The van der Waals surface area contributed by atoms with Crippen molar-refractivity contribution in [1.82, 2.24) is 5.32 Å². The molecule has 0 aliphatic rings. The number of hydrogen-bond acceptors (Lipinski definition) is 6. The summed E-state index contributed by atoms with van der Waals surface area (Å²) in [5.41, 5.74) is 1.30. The molecule has 4 rings (SSSR count). The molecule has 0 spiro atoms. The van der Waals surface area contributed by atoms with Crippen LogP contribution in [0.1, 0.15) is 15.9 Å². The van der Waals surface area contributed by atoms with Gasteiger partial charge in [0.05, 0.1) is 5.56 Å². The highest BCUT2D eigenvalue weighted by Gasteiger charge is 2.31. The fourth-order valence-corrected chi connectivity index (χ4v) is 3.28. The van der Waals surface area contributed by atoms with Crippen LogP contribution in [0.2, 0.25) is 0 Å². The summed E-state index contributed by atoms with van der Waals surface area (Å²) in [6, 6.07) is 24.1. The summed E-state index contributed by atoms with van der Waals surface area (Å²) in [5.74, 6) is 1.09. The lowest BCUT2D eigenvalue weighted by Crippen LogP contribution is -2.16. The zero-order chi connectivity index (χ0) is 29.9. The van der Waals surface area contributed by atoms with Gasteiger partial charge in [0.1, 0.15) is 34.5 Å². The number of hydrogen-bond donors (Lipinski definition) is 1. The molecule has 0 heterocycles. The molecule has 216 valence electrons. The Balaban J connectivity index is 0.000000226. The Morgan fingerprint density at radius 3 is 1.49 bits per heavy atom. The van der Waals surface area contributed by atoms with Crippen LogP contribution in [-0.2, 0) is 6.54 Å². The Labute approximate surface area is 231 Å². The third-order valence-corrected chi connectivity index (χ3v) is 4.96. The number of ether oxygens (including phenoxy) is 4. The molecule has 12 heteroatoms. The molecule has 0 aromatic heterocycles. The molecule has 0 saturated carbocycles. The van der Waals surface area contributed by atoms with Crippen LogP contribution in [0.4, 0.5) is 26.3 Å². The third kappa shape index (κ3) is 10.8. The molecule has 0 bridgehead atoms. The van der Waals surface area contributed by atoms with E-state index in [9.17, 15) is 31.1 Å². The largest absolute Gasteiger partial charge is 0.573 e. The van der Waals surface area contributed by atoms with Crippen LogP contribution in [0.5, 0.6) is 34.5 Å². The van der Waals surface area contributed by atoms with Gasteiger partial charge in [-0.15, -0.1) is 26.3 Å². The molecule has 4 aromatic carbocycles. The minimum absolute atomic E-state index is 0.279. The Morgan fingerprint density at radius 2 is 1.02 bits per heavy atom. The normalized spacial score (nSPS) is 11.1. The van der Waals surface area contributed by atoms with Crippen molar-refractivity contribution in [2.75, 3.05) is 7.05 Å². The SMILES string of the molecule is CNCc1ccccc1Oc1ccc(OC(F)(F)F)cc1.O=Cc1ccccc1Oc1ccc(OC(F)(F)F)cc1. The van der Waals surface area contributed by atoms with Gasteiger partial charge in [-0.1, -0.05) is 30.3 Å². The van der Waals surface area contributed by atoms with Crippen molar-refractivity contribution < 1.29 is 50.1 Å². The van der Waals surface area contributed by atoms with Crippen molar-refractivity contribution in [3.63, 3.8) is 0 Å². The molecule has 0 aliphatic heterocycles. The van der Waals surface area contributed by atoms with Crippen LogP contribution in [0.25, 0.3) is 0 Å². The smallest absolute Gasteiger partial charge is 0.457 e. The predicted octanol–water partition coefficient (Wildman–Crippen LogP) is 8.29. The van der Waals surface area contributed by atoms with Crippen LogP contribution in [-0.4, -0.2) is 26.1 Å². The lowest BCUT2D eigenvalue weighted by atomic mass is 10.2. The van der Waals surface area contributed by atoms with E-state index in [1.165, 1.54) is 36.4 Å². The predicted molar refractivity (Wildman–Crippen MR) is 137 cm³/mol. The van der Waals surface area contributed by atoms with E-state index in [1.807, 2.05) is 25.2 Å². The molecule has 0 fully saturated rings. The second kappa shape index (κ2) is 14.1. The summed E-state index contributed by atoms with van der Waals surface area (Å²) in [6.07, 6.45) is -8.79. The number of halogens is 6. The van der Waals surface area contributed by atoms with E-state index in [4.69, 9.17) is 9.47 Å². The Bertz CT molecular complexity index is 1390. The van der Waals surface area contributed by atoms with E-state index in [2.05, 4.69) is 14.8 Å². The highest BCUT2D eigenvalue weighted by atomic mass is 19.4. The van der Waals surface area contributed by atoms with Gasteiger partial charge >= 0.3 is 12.7 Å². The minimum atomic E-state index is -4.73. The van der Waals surface area contributed by atoms with Gasteiger partial charge in [-0.05, 0) is 73.8 Å². The summed E-state index contributed by atoms with van der Waals surface area (Å²) in [7, 11) is 1.82. The van der Waals surface area contributed by atoms with Crippen LogP contribution in [0.15, 0.2) is 97.1 Å². The van der Waals surface area contributed by atoms with Crippen molar-refractivity contribution in [3.05, 3.63) is 108 Å². The average molecular weight is 579 g/mol. The van der Waals surface area contributed by atoms with E-state index >= 15 is 0 Å². The van der Waals surface area contributed by atoms with Gasteiger partial charge in [0.2, 0.25) is 0 Å². The molecule has 41 heavy (non-hydrogen) atoms. The maximum atomic E-state index is 12.1. The summed E-state index contributed by atoms with van der Waals surface area (Å²) < 4.78 is 90.8. The summed E-state index contributed by atoms with van der Waals surface area (Å²) in [6.45, 7) is 0.630. The molecule has 0 aliphatic carbocycles. The quantitative estimate of drug-likeness (QED) is 0.159. The first-order chi connectivity index (χ1) is 19.5. The standard InChI is InChI=1S/C15H14F3NO2.C14H9F3O3/c1-19-10-11-4-2-3-5-14(11)20-12-6-8-13(9-7-12)21-15(16,17)18;15-14(16,17)20-12-7-5-11(6-8-12)19-13-4-2-1-3-10(13)9-18/h2-9,19H,10H2,1H3;1-9H. The molecule has 4 aromatic rings. The van der Waals surface area contributed by atoms with E-state index in [0.717, 1.165) is 17.7 Å². The Kier molecular flexibility index (Phi) is 10.6.